The molecule has 108 valence electrons. The van der Waals surface area contributed by atoms with E-state index in [0.717, 1.165) is 31.6 Å². The van der Waals surface area contributed by atoms with Crippen LogP contribution in [0, 0.1) is 11.6 Å². The molecule has 0 aliphatic carbocycles. The Morgan fingerprint density at radius 2 is 2.05 bits per heavy atom. The molecule has 0 aliphatic heterocycles. The molecule has 0 bridgehead atoms. The Hall–Kier alpha value is -1.04. The van der Waals surface area contributed by atoms with E-state index in [4.69, 9.17) is 4.74 Å². The van der Waals surface area contributed by atoms with E-state index in [0.29, 0.717) is 25.3 Å². The normalized spacial score (nSPS) is 12.6. The van der Waals surface area contributed by atoms with Gasteiger partial charge >= 0.3 is 0 Å². The number of benzene rings is 1. The lowest BCUT2D eigenvalue weighted by molar-refractivity contribution is 0.129. The van der Waals surface area contributed by atoms with Gasteiger partial charge in [-0.15, -0.1) is 0 Å². The largest absolute Gasteiger partial charge is 0.387 e. The third-order valence-electron chi connectivity index (χ3n) is 2.66. The van der Waals surface area contributed by atoms with Crippen molar-refractivity contribution in [2.45, 2.75) is 25.9 Å². The minimum atomic E-state index is -0.940. The maximum Gasteiger partial charge on any atom is 0.159 e. The third-order valence-corrected chi connectivity index (χ3v) is 2.66. The summed E-state index contributed by atoms with van der Waals surface area (Å²) in [6, 6.07) is 3.42. The third kappa shape index (κ3) is 6.09. The molecule has 5 heteroatoms. The van der Waals surface area contributed by atoms with E-state index in [1.54, 1.807) is 0 Å². The summed E-state index contributed by atoms with van der Waals surface area (Å²) in [5.74, 6) is -1.85. The Morgan fingerprint density at radius 3 is 2.74 bits per heavy atom. The van der Waals surface area contributed by atoms with Crippen LogP contribution in [0.3, 0.4) is 0 Å². The summed E-state index contributed by atoms with van der Waals surface area (Å²) in [6.07, 6.45) is 1.01. The molecule has 0 radical (unpaired) electrons. The Kier molecular flexibility index (Phi) is 7.55. The van der Waals surface area contributed by atoms with E-state index in [2.05, 4.69) is 12.2 Å². The van der Waals surface area contributed by atoms with Crippen LogP contribution < -0.4 is 5.32 Å². The molecule has 1 rings (SSSR count). The van der Waals surface area contributed by atoms with Gasteiger partial charge in [-0.25, -0.2) is 8.78 Å². The summed E-state index contributed by atoms with van der Waals surface area (Å²) in [6.45, 7) is 4.51. The first-order chi connectivity index (χ1) is 9.15. The predicted molar refractivity (Wildman–Crippen MR) is 69.9 cm³/mol. The molecule has 0 saturated carbocycles. The zero-order valence-corrected chi connectivity index (χ0v) is 11.2. The molecule has 0 aromatic heterocycles. The smallest absolute Gasteiger partial charge is 0.159 e. The van der Waals surface area contributed by atoms with E-state index in [1.165, 1.54) is 6.07 Å². The molecule has 1 atom stereocenters. The molecule has 2 N–H and O–H groups in total. The van der Waals surface area contributed by atoms with Crippen LogP contribution in [0.25, 0.3) is 0 Å². The number of rotatable bonds is 9. The van der Waals surface area contributed by atoms with E-state index in [9.17, 15) is 13.9 Å². The van der Waals surface area contributed by atoms with Gasteiger partial charge in [-0.3, -0.25) is 0 Å². The SMILES string of the molecule is CCCOCCCNCC(O)c1ccc(F)c(F)c1. The second-order valence-electron chi connectivity index (χ2n) is 4.36. The molecule has 0 heterocycles. The van der Waals surface area contributed by atoms with Gasteiger partial charge in [-0.05, 0) is 37.1 Å². The number of ether oxygens (including phenoxy) is 1. The van der Waals surface area contributed by atoms with Gasteiger partial charge in [0, 0.05) is 19.8 Å². The van der Waals surface area contributed by atoms with Gasteiger partial charge in [0.15, 0.2) is 11.6 Å². The fraction of sp³-hybridized carbons (Fsp3) is 0.571. The molecule has 0 fully saturated rings. The van der Waals surface area contributed by atoms with Crippen LogP contribution in [-0.2, 0) is 4.74 Å². The van der Waals surface area contributed by atoms with Gasteiger partial charge in [0.25, 0.3) is 0 Å². The summed E-state index contributed by atoms with van der Waals surface area (Å²) in [4.78, 5) is 0. The molecule has 19 heavy (non-hydrogen) atoms. The van der Waals surface area contributed by atoms with Gasteiger partial charge in [0.05, 0.1) is 6.10 Å². The number of halogens is 2. The molecule has 0 saturated heterocycles. The molecule has 1 aromatic rings. The standard InChI is InChI=1S/C14H21F2NO2/c1-2-7-19-8-3-6-17-10-14(18)11-4-5-12(15)13(16)9-11/h4-5,9,14,17-18H,2-3,6-8,10H2,1H3. The molecule has 0 amide bonds. The maximum atomic E-state index is 13.0. The fourth-order valence-electron chi connectivity index (χ4n) is 1.62. The first kappa shape index (κ1) is 16.0. The quantitative estimate of drug-likeness (QED) is 0.679. The maximum absolute atomic E-state index is 13.0. The van der Waals surface area contributed by atoms with Crippen LogP contribution in [0.15, 0.2) is 18.2 Å². The number of nitrogens with one attached hydrogen (secondary N) is 1. The molecular formula is C14H21F2NO2. The average Bonchev–Trinajstić information content (AvgIpc) is 2.40. The highest BCUT2D eigenvalue weighted by Gasteiger charge is 2.10. The van der Waals surface area contributed by atoms with Crippen molar-refractivity contribution in [2.75, 3.05) is 26.3 Å². The van der Waals surface area contributed by atoms with Crippen molar-refractivity contribution < 1.29 is 18.6 Å². The summed E-state index contributed by atoms with van der Waals surface area (Å²) >= 11 is 0. The average molecular weight is 273 g/mol. The van der Waals surface area contributed by atoms with Gasteiger partial charge in [-0.2, -0.15) is 0 Å². The first-order valence-corrected chi connectivity index (χ1v) is 6.56. The van der Waals surface area contributed by atoms with E-state index < -0.39 is 17.7 Å². The molecule has 0 aliphatic rings. The summed E-state index contributed by atoms with van der Waals surface area (Å²) < 4.78 is 31.0. The van der Waals surface area contributed by atoms with Gasteiger partial charge in [0.1, 0.15) is 0 Å². The Balaban J connectivity index is 2.20. The molecular weight excluding hydrogens is 252 g/mol. The number of hydrogen-bond donors (Lipinski definition) is 2. The van der Waals surface area contributed by atoms with E-state index in [1.807, 2.05) is 0 Å². The highest BCUT2D eigenvalue weighted by molar-refractivity contribution is 5.20. The van der Waals surface area contributed by atoms with Crippen molar-refractivity contribution in [3.05, 3.63) is 35.4 Å². The lowest BCUT2D eigenvalue weighted by atomic mass is 10.1. The zero-order valence-electron chi connectivity index (χ0n) is 11.2. The van der Waals surface area contributed by atoms with Crippen LogP contribution in [-0.4, -0.2) is 31.4 Å². The van der Waals surface area contributed by atoms with Crippen LogP contribution >= 0.6 is 0 Å². The Morgan fingerprint density at radius 1 is 1.26 bits per heavy atom. The molecule has 1 unspecified atom stereocenters. The number of aliphatic hydroxyl groups is 1. The van der Waals surface area contributed by atoms with Gasteiger partial charge in [0.2, 0.25) is 0 Å². The van der Waals surface area contributed by atoms with Crippen molar-refractivity contribution in [2.24, 2.45) is 0 Å². The Labute approximate surface area is 112 Å². The monoisotopic (exact) mass is 273 g/mol. The van der Waals surface area contributed by atoms with Crippen LogP contribution in [0.4, 0.5) is 8.78 Å². The summed E-state index contributed by atoms with van der Waals surface area (Å²) in [7, 11) is 0. The lowest BCUT2D eigenvalue weighted by Gasteiger charge is -2.12. The van der Waals surface area contributed by atoms with Crippen molar-refractivity contribution in [3.63, 3.8) is 0 Å². The topological polar surface area (TPSA) is 41.5 Å². The zero-order chi connectivity index (χ0) is 14.1. The summed E-state index contributed by atoms with van der Waals surface area (Å²) in [5.41, 5.74) is 0.369. The van der Waals surface area contributed by atoms with Crippen molar-refractivity contribution >= 4 is 0 Å². The number of aliphatic hydroxyl groups excluding tert-OH is 1. The summed E-state index contributed by atoms with van der Waals surface area (Å²) in [5, 5.41) is 12.8. The predicted octanol–water partition coefficient (Wildman–Crippen LogP) is 2.40. The highest BCUT2D eigenvalue weighted by Crippen LogP contribution is 2.15. The van der Waals surface area contributed by atoms with Gasteiger partial charge < -0.3 is 15.2 Å². The van der Waals surface area contributed by atoms with Crippen LogP contribution in [0.2, 0.25) is 0 Å². The van der Waals surface area contributed by atoms with Crippen molar-refractivity contribution in [1.82, 2.24) is 5.32 Å². The van der Waals surface area contributed by atoms with Crippen molar-refractivity contribution in [3.8, 4) is 0 Å². The molecule has 1 aromatic carbocycles. The second-order valence-corrected chi connectivity index (χ2v) is 4.36. The van der Waals surface area contributed by atoms with Crippen LogP contribution in [0.1, 0.15) is 31.4 Å². The van der Waals surface area contributed by atoms with E-state index >= 15 is 0 Å². The highest BCUT2D eigenvalue weighted by atomic mass is 19.2. The van der Waals surface area contributed by atoms with E-state index in [-0.39, 0.29) is 0 Å². The first-order valence-electron chi connectivity index (χ1n) is 6.56. The van der Waals surface area contributed by atoms with Crippen LogP contribution in [0.5, 0.6) is 0 Å². The molecule has 3 nitrogen and oxygen atoms in total. The minimum Gasteiger partial charge on any atom is -0.387 e. The van der Waals surface area contributed by atoms with Gasteiger partial charge in [-0.1, -0.05) is 13.0 Å². The number of hydrogen-bond acceptors (Lipinski definition) is 3. The molecule has 0 spiro atoms. The van der Waals surface area contributed by atoms with Crippen molar-refractivity contribution in [1.29, 1.82) is 0 Å². The lowest BCUT2D eigenvalue weighted by Crippen LogP contribution is -2.23. The fourth-order valence-corrected chi connectivity index (χ4v) is 1.62. The minimum absolute atomic E-state index is 0.304. The Bertz CT molecular complexity index is 374. The second kappa shape index (κ2) is 8.96.